The number of guanidine groups is 1. The quantitative estimate of drug-likeness (QED) is 0.363. The number of nitriles is 1. The van der Waals surface area contributed by atoms with Crippen molar-refractivity contribution < 1.29 is 8.42 Å². The minimum atomic E-state index is -3.16. The maximum atomic E-state index is 11.5. The van der Waals surface area contributed by atoms with Gasteiger partial charge in [-0.05, 0) is 41.8 Å². The lowest BCUT2D eigenvalue weighted by molar-refractivity contribution is 0.602. The van der Waals surface area contributed by atoms with Crippen molar-refractivity contribution in [2.75, 3.05) is 19.8 Å². The Hall–Kier alpha value is -2.12. The van der Waals surface area contributed by atoms with E-state index in [2.05, 4.69) is 21.7 Å². The number of benzene rings is 2. The smallest absolute Gasteiger partial charge is 0.191 e. The molecule has 0 spiro atoms. The Labute approximate surface area is 177 Å². The van der Waals surface area contributed by atoms with Gasteiger partial charge in [0.15, 0.2) is 15.8 Å². The molecule has 2 aromatic rings. The Bertz CT molecular complexity index is 919. The summed E-state index contributed by atoms with van der Waals surface area (Å²) in [7, 11) is -1.46. The SMILES string of the molecule is CN=C(NCCc1ccc(S(C)(=O)=O)cc1)NCc1cccc(C#N)c1.I. The molecule has 0 aliphatic heterocycles. The van der Waals surface area contributed by atoms with Crippen LogP contribution in [0.15, 0.2) is 58.4 Å². The molecule has 0 aliphatic carbocycles. The fourth-order valence-electron chi connectivity index (χ4n) is 2.39. The monoisotopic (exact) mass is 498 g/mol. The zero-order chi connectivity index (χ0) is 19.0. The predicted octanol–water partition coefficient (Wildman–Crippen LogP) is 2.49. The number of halogens is 1. The zero-order valence-electron chi connectivity index (χ0n) is 15.3. The first-order valence-corrected chi connectivity index (χ1v) is 10.0. The van der Waals surface area contributed by atoms with Gasteiger partial charge in [0.1, 0.15) is 0 Å². The molecule has 6 nitrogen and oxygen atoms in total. The van der Waals surface area contributed by atoms with Crippen molar-refractivity contribution in [1.29, 1.82) is 5.26 Å². The number of hydrogen-bond acceptors (Lipinski definition) is 4. The lowest BCUT2D eigenvalue weighted by Crippen LogP contribution is -2.37. The average molecular weight is 498 g/mol. The first-order valence-electron chi connectivity index (χ1n) is 8.15. The molecule has 0 amide bonds. The third kappa shape index (κ3) is 7.56. The molecule has 0 heterocycles. The van der Waals surface area contributed by atoms with Crippen LogP contribution in [0, 0.1) is 11.3 Å². The van der Waals surface area contributed by atoms with E-state index in [9.17, 15) is 8.42 Å². The highest BCUT2D eigenvalue weighted by Crippen LogP contribution is 2.10. The molecule has 2 rings (SSSR count). The maximum Gasteiger partial charge on any atom is 0.191 e. The van der Waals surface area contributed by atoms with E-state index in [0.717, 1.165) is 17.5 Å². The molecular formula is C19H23IN4O2S. The van der Waals surface area contributed by atoms with E-state index in [4.69, 9.17) is 5.26 Å². The summed E-state index contributed by atoms with van der Waals surface area (Å²) in [6, 6.07) is 16.4. The van der Waals surface area contributed by atoms with Gasteiger partial charge in [-0.1, -0.05) is 24.3 Å². The maximum absolute atomic E-state index is 11.5. The molecule has 0 aromatic heterocycles. The van der Waals surface area contributed by atoms with Crippen LogP contribution in [0.1, 0.15) is 16.7 Å². The van der Waals surface area contributed by atoms with Crippen LogP contribution in [0.3, 0.4) is 0 Å². The van der Waals surface area contributed by atoms with Crippen molar-refractivity contribution in [2.24, 2.45) is 4.99 Å². The third-order valence-electron chi connectivity index (χ3n) is 3.80. The summed E-state index contributed by atoms with van der Waals surface area (Å²) in [6.45, 7) is 1.23. The van der Waals surface area contributed by atoms with Gasteiger partial charge in [0, 0.05) is 26.4 Å². The normalized spacial score (nSPS) is 11.2. The summed E-state index contributed by atoms with van der Waals surface area (Å²) in [6.07, 6.45) is 1.94. The Morgan fingerprint density at radius 1 is 1.11 bits per heavy atom. The van der Waals surface area contributed by atoms with Gasteiger partial charge in [-0.2, -0.15) is 5.26 Å². The van der Waals surface area contributed by atoms with Crippen LogP contribution in [0.5, 0.6) is 0 Å². The predicted molar refractivity (Wildman–Crippen MR) is 118 cm³/mol. The van der Waals surface area contributed by atoms with Gasteiger partial charge in [0.2, 0.25) is 0 Å². The highest BCUT2D eigenvalue weighted by molar-refractivity contribution is 14.0. The molecule has 0 saturated carbocycles. The van der Waals surface area contributed by atoms with E-state index in [1.165, 1.54) is 6.26 Å². The fourth-order valence-corrected chi connectivity index (χ4v) is 3.02. The lowest BCUT2D eigenvalue weighted by atomic mass is 10.1. The molecule has 144 valence electrons. The highest BCUT2D eigenvalue weighted by Gasteiger charge is 2.06. The second-order valence-corrected chi connectivity index (χ2v) is 7.85. The highest BCUT2D eigenvalue weighted by atomic mass is 127. The van der Waals surface area contributed by atoms with E-state index in [1.54, 1.807) is 25.2 Å². The molecule has 27 heavy (non-hydrogen) atoms. The Morgan fingerprint density at radius 3 is 2.41 bits per heavy atom. The number of sulfone groups is 1. The number of nitrogens with zero attached hydrogens (tertiary/aromatic N) is 2. The largest absolute Gasteiger partial charge is 0.356 e. The third-order valence-corrected chi connectivity index (χ3v) is 4.93. The van der Waals surface area contributed by atoms with Gasteiger partial charge in [0.05, 0.1) is 16.5 Å². The minimum absolute atomic E-state index is 0. The van der Waals surface area contributed by atoms with E-state index < -0.39 is 9.84 Å². The summed E-state index contributed by atoms with van der Waals surface area (Å²) in [5.41, 5.74) is 2.68. The van der Waals surface area contributed by atoms with Crippen LogP contribution < -0.4 is 10.6 Å². The molecular weight excluding hydrogens is 475 g/mol. The van der Waals surface area contributed by atoms with Crippen LogP contribution in [-0.2, 0) is 22.8 Å². The van der Waals surface area contributed by atoms with E-state index >= 15 is 0 Å². The number of aliphatic imine (C=N–C) groups is 1. The Morgan fingerprint density at radius 2 is 1.81 bits per heavy atom. The van der Waals surface area contributed by atoms with Crippen LogP contribution in [-0.4, -0.2) is 34.2 Å². The second-order valence-electron chi connectivity index (χ2n) is 5.83. The summed E-state index contributed by atoms with van der Waals surface area (Å²) in [5, 5.41) is 15.4. The average Bonchev–Trinajstić information content (AvgIpc) is 2.64. The van der Waals surface area contributed by atoms with Crippen molar-refractivity contribution in [1.82, 2.24) is 10.6 Å². The topological polar surface area (TPSA) is 94.3 Å². The molecule has 0 atom stereocenters. The van der Waals surface area contributed by atoms with Gasteiger partial charge in [-0.15, -0.1) is 24.0 Å². The van der Waals surface area contributed by atoms with Crippen LogP contribution in [0.25, 0.3) is 0 Å². The zero-order valence-corrected chi connectivity index (χ0v) is 18.4. The first kappa shape index (κ1) is 22.9. The van der Waals surface area contributed by atoms with Crippen molar-refractivity contribution in [2.45, 2.75) is 17.9 Å². The molecule has 0 unspecified atom stereocenters. The number of rotatable bonds is 6. The Kier molecular flexibility index (Phi) is 9.25. The van der Waals surface area contributed by atoms with Crippen LogP contribution in [0.2, 0.25) is 0 Å². The summed E-state index contributed by atoms with van der Waals surface area (Å²) < 4.78 is 22.9. The number of hydrogen-bond donors (Lipinski definition) is 2. The molecule has 2 aromatic carbocycles. The Balaban J connectivity index is 0.00000364. The van der Waals surface area contributed by atoms with Gasteiger partial charge in [-0.25, -0.2) is 8.42 Å². The lowest BCUT2D eigenvalue weighted by Gasteiger charge is -2.12. The van der Waals surface area contributed by atoms with Crippen molar-refractivity contribution in [3.05, 3.63) is 65.2 Å². The minimum Gasteiger partial charge on any atom is -0.356 e. The van der Waals surface area contributed by atoms with E-state index in [0.29, 0.717) is 29.5 Å². The van der Waals surface area contributed by atoms with Crippen molar-refractivity contribution in [3.8, 4) is 6.07 Å². The summed E-state index contributed by atoms with van der Waals surface area (Å²) in [4.78, 5) is 4.50. The van der Waals surface area contributed by atoms with Crippen LogP contribution >= 0.6 is 24.0 Å². The molecule has 0 aliphatic rings. The van der Waals surface area contributed by atoms with Crippen molar-refractivity contribution in [3.63, 3.8) is 0 Å². The van der Waals surface area contributed by atoms with Gasteiger partial charge >= 0.3 is 0 Å². The molecule has 0 fully saturated rings. The van der Waals surface area contributed by atoms with E-state index in [-0.39, 0.29) is 24.0 Å². The molecule has 0 saturated heterocycles. The van der Waals surface area contributed by atoms with Gasteiger partial charge < -0.3 is 10.6 Å². The van der Waals surface area contributed by atoms with Crippen molar-refractivity contribution >= 4 is 39.8 Å². The molecule has 2 N–H and O–H groups in total. The standard InChI is InChI=1S/C19H22N4O2S.HI/c1-21-19(23-14-17-5-3-4-16(12-17)13-20)22-11-10-15-6-8-18(9-7-15)26(2,24)25;/h3-9,12H,10-11,14H2,1-2H3,(H2,21,22,23);1H. The first-order chi connectivity index (χ1) is 12.4. The molecule has 8 heteroatoms. The van der Waals surface area contributed by atoms with Gasteiger partial charge in [-0.3, -0.25) is 4.99 Å². The fraction of sp³-hybridized carbons (Fsp3) is 0.263. The van der Waals surface area contributed by atoms with Gasteiger partial charge in [0.25, 0.3) is 0 Å². The molecule has 0 radical (unpaired) electrons. The number of nitrogens with one attached hydrogen (secondary N) is 2. The van der Waals surface area contributed by atoms with E-state index in [1.807, 2.05) is 30.3 Å². The summed E-state index contributed by atoms with van der Waals surface area (Å²) in [5.74, 6) is 0.667. The summed E-state index contributed by atoms with van der Waals surface area (Å²) >= 11 is 0. The van der Waals surface area contributed by atoms with Crippen LogP contribution in [0.4, 0.5) is 0 Å². The second kappa shape index (κ2) is 10.9. The molecule has 0 bridgehead atoms.